The van der Waals surface area contributed by atoms with Gasteiger partial charge in [-0.2, -0.15) is 0 Å². The second-order valence-corrected chi connectivity index (χ2v) is 8.36. The minimum Gasteiger partial charge on any atom is -0.495 e. The quantitative estimate of drug-likeness (QED) is 0.707. The molecule has 0 aliphatic carbocycles. The van der Waals surface area contributed by atoms with Crippen molar-refractivity contribution in [2.45, 2.75) is 30.2 Å². The number of carbonyl (C=O) groups is 1. The summed E-state index contributed by atoms with van der Waals surface area (Å²) in [6.07, 6.45) is 1.67. The Balaban J connectivity index is 2.00. The molecule has 0 spiro atoms. The number of halogens is 2. The highest BCUT2D eigenvalue weighted by Crippen LogP contribution is 2.33. The molecule has 1 amide bonds. The molecule has 9 heteroatoms. The Morgan fingerprint density at radius 2 is 2.17 bits per heavy atom. The van der Waals surface area contributed by atoms with Crippen molar-refractivity contribution >= 4 is 52.4 Å². The molecule has 0 bridgehead atoms. The van der Waals surface area contributed by atoms with Gasteiger partial charge in [0.25, 0.3) is 0 Å². The highest BCUT2D eigenvalue weighted by Gasteiger charge is 2.20. The van der Waals surface area contributed by atoms with Crippen molar-refractivity contribution in [3.8, 4) is 5.75 Å². The van der Waals surface area contributed by atoms with Crippen LogP contribution in [0.15, 0.2) is 22.7 Å². The van der Waals surface area contributed by atoms with E-state index < -0.39 is 5.60 Å². The fourth-order valence-corrected chi connectivity index (χ4v) is 4.07. The second-order valence-electron chi connectivity index (χ2n) is 5.43. The van der Waals surface area contributed by atoms with Crippen LogP contribution in [0, 0.1) is 0 Å². The van der Waals surface area contributed by atoms with E-state index in [-0.39, 0.29) is 12.3 Å². The van der Waals surface area contributed by atoms with Gasteiger partial charge in [0.1, 0.15) is 5.75 Å². The highest BCUT2D eigenvalue weighted by atomic mass is 35.5. The van der Waals surface area contributed by atoms with Crippen LogP contribution >= 0.6 is 46.5 Å². The summed E-state index contributed by atoms with van der Waals surface area (Å²) in [5.41, 5.74) is -0.352. The zero-order valence-electron chi connectivity index (χ0n) is 13.2. The van der Waals surface area contributed by atoms with E-state index in [2.05, 4.69) is 9.71 Å². The van der Waals surface area contributed by atoms with Crippen LogP contribution in [0.2, 0.25) is 10.0 Å². The number of hydrogen-bond acceptors (Lipinski definition) is 6. The van der Waals surface area contributed by atoms with Gasteiger partial charge in [-0.15, -0.1) is 11.3 Å². The Bertz CT molecular complexity index is 745. The summed E-state index contributed by atoms with van der Waals surface area (Å²) < 4.78 is 8.56. The maximum atomic E-state index is 12.1. The molecule has 0 atom stereocenters. The van der Waals surface area contributed by atoms with Gasteiger partial charge in [-0.05, 0) is 26.0 Å². The lowest BCUT2D eigenvalue weighted by Crippen LogP contribution is -2.18. The number of thiazole rings is 1. The van der Waals surface area contributed by atoms with E-state index in [4.69, 9.17) is 27.9 Å². The summed E-state index contributed by atoms with van der Waals surface area (Å²) in [6, 6.07) is 3.21. The Morgan fingerprint density at radius 1 is 1.46 bits per heavy atom. The molecular formula is C15H16Cl2N2O3S2. The zero-order chi connectivity index (χ0) is 17.9. The fraction of sp³-hybridized carbons (Fsp3) is 0.333. The van der Waals surface area contributed by atoms with Crippen LogP contribution in [0.25, 0.3) is 0 Å². The Labute approximate surface area is 158 Å². The Hall–Kier alpha value is -0.990. The molecule has 2 aromatic rings. The number of nitrogens with one attached hydrogen (secondary N) is 1. The molecule has 1 heterocycles. The van der Waals surface area contributed by atoms with Gasteiger partial charge in [0.05, 0.1) is 29.0 Å². The summed E-state index contributed by atoms with van der Waals surface area (Å²) >= 11 is 14.4. The summed E-state index contributed by atoms with van der Waals surface area (Å²) in [4.78, 5) is 17.0. The number of aliphatic hydroxyl groups is 1. The number of ether oxygens (including phenoxy) is 1. The van der Waals surface area contributed by atoms with Gasteiger partial charge >= 0.3 is 0 Å². The third-order valence-electron chi connectivity index (χ3n) is 2.98. The third kappa shape index (κ3) is 5.00. The minimum absolute atomic E-state index is 0.0696. The van der Waals surface area contributed by atoms with Crippen molar-refractivity contribution in [2.24, 2.45) is 0 Å². The summed E-state index contributed by atoms with van der Waals surface area (Å²) in [6.45, 7) is 3.37. The second kappa shape index (κ2) is 7.93. The van der Waals surface area contributed by atoms with Gasteiger partial charge in [-0.1, -0.05) is 23.2 Å². The van der Waals surface area contributed by atoms with E-state index in [9.17, 15) is 9.90 Å². The predicted molar refractivity (Wildman–Crippen MR) is 98.1 cm³/mol. The molecule has 0 unspecified atom stereocenters. The molecule has 130 valence electrons. The maximum absolute atomic E-state index is 12.1. The van der Waals surface area contributed by atoms with Crippen molar-refractivity contribution in [3.63, 3.8) is 0 Å². The molecule has 0 saturated carbocycles. The van der Waals surface area contributed by atoms with Crippen molar-refractivity contribution < 1.29 is 14.6 Å². The Morgan fingerprint density at radius 3 is 2.75 bits per heavy atom. The van der Waals surface area contributed by atoms with E-state index in [0.29, 0.717) is 25.7 Å². The maximum Gasteiger partial charge on any atom is 0.234 e. The third-order valence-corrected chi connectivity index (χ3v) is 5.69. The molecule has 0 fully saturated rings. The van der Waals surface area contributed by atoms with Crippen LogP contribution in [0.4, 0.5) is 0 Å². The van der Waals surface area contributed by atoms with Crippen molar-refractivity contribution in [3.05, 3.63) is 38.8 Å². The molecule has 1 aromatic heterocycles. The summed E-state index contributed by atoms with van der Waals surface area (Å²) in [7, 11) is 1.49. The van der Waals surface area contributed by atoms with Crippen LogP contribution in [0.3, 0.4) is 0 Å². The molecule has 2 rings (SSSR count). The summed E-state index contributed by atoms with van der Waals surface area (Å²) in [5, 5.41) is 10.7. The number of rotatable bonds is 6. The first-order chi connectivity index (χ1) is 11.2. The van der Waals surface area contributed by atoms with Crippen LogP contribution in [0.1, 0.15) is 24.3 Å². The van der Waals surface area contributed by atoms with E-state index in [1.165, 1.54) is 18.4 Å². The largest absolute Gasteiger partial charge is 0.495 e. The van der Waals surface area contributed by atoms with Gasteiger partial charge < -0.3 is 9.84 Å². The average molecular weight is 407 g/mol. The molecule has 0 radical (unpaired) electrons. The lowest BCUT2D eigenvalue weighted by Gasteiger charge is -2.13. The van der Waals surface area contributed by atoms with Gasteiger partial charge in [0.15, 0.2) is 4.34 Å². The first-order valence-electron chi connectivity index (χ1n) is 6.87. The lowest BCUT2D eigenvalue weighted by atomic mass is 10.1. The standard InChI is InChI=1S/C15H16Cl2N2O3S2/c1-15(2,21)11-7-18-14(23-11)24-19-12(20)5-8-4-9(16)6-10(17)13(8)22-3/h4,6-7,21H,5H2,1-3H3,(H,19,20). The minimum atomic E-state index is -0.953. The predicted octanol–water partition coefficient (Wildman–Crippen LogP) is 4.05. The number of aromatic nitrogens is 1. The molecular weight excluding hydrogens is 391 g/mol. The van der Waals surface area contributed by atoms with E-state index in [1.807, 2.05) is 0 Å². The summed E-state index contributed by atoms with van der Waals surface area (Å²) in [5.74, 6) is 0.191. The van der Waals surface area contributed by atoms with Crippen LogP contribution < -0.4 is 9.46 Å². The molecule has 2 N–H and O–H groups in total. The number of nitrogens with zero attached hydrogens (tertiary/aromatic N) is 1. The van der Waals surface area contributed by atoms with E-state index in [1.54, 1.807) is 32.2 Å². The van der Waals surface area contributed by atoms with Gasteiger partial charge in [-0.25, -0.2) is 4.98 Å². The zero-order valence-corrected chi connectivity index (χ0v) is 16.4. The van der Waals surface area contributed by atoms with Crippen molar-refractivity contribution in [2.75, 3.05) is 7.11 Å². The fourth-order valence-electron chi connectivity index (χ4n) is 1.87. The molecule has 5 nitrogen and oxygen atoms in total. The van der Waals surface area contributed by atoms with Crippen molar-refractivity contribution in [1.29, 1.82) is 0 Å². The number of amides is 1. The van der Waals surface area contributed by atoms with Crippen LogP contribution in [0.5, 0.6) is 5.75 Å². The SMILES string of the molecule is COc1c(Cl)cc(Cl)cc1CC(=O)NSc1ncc(C(C)(C)O)s1. The average Bonchev–Trinajstić information content (AvgIpc) is 2.93. The highest BCUT2D eigenvalue weighted by molar-refractivity contribution is 7.99. The molecule has 0 aliphatic heterocycles. The molecule has 0 saturated heterocycles. The van der Waals surface area contributed by atoms with E-state index in [0.717, 1.165) is 16.8 Å². The smallest absolute Gasteiger partial charge is 0.234 e. The van der Waals surface area contributed by atoms with Gasteiger partial charge in [0.2, 0.25) is 5.91 Å². The first kappa shape index (κ1) is 19.3. The number of benzene rings is 1. The van der Waals surface area contributed by atoms with Crippen molar-refractivity contribution in [1.82, 2.24) is 9.71 Å². The molecule has 1 aromatic carbocycles. The lowest BCUT2D eigenvalue weighted by molar-refractivity contribution is -0.118. The topological polar surface area (TPSA) is 71.5 Å². The van der Waals surface area contributed by atoms with Crippen LogP contribution in [-0.2, 0) is 16.8 Å². The van der Waals surface area contributed by atoms with Crippen LogP contribution in [-0.4, -0.2) is 23.1 Å². The first-order valence-corrected chi connectivity index (χ1v) is 9.26. The van der Waals surface area contributed by atoms with Gasteiger partial charge in [-0.3, -0.25) is 9.52 Å². The van der Waals surface area contributed by atoms with E-state index >= 15 is 0 Å². The monoisotopic (exact) mass is 406 g/mol. The molecule has 0 aliphatic rings. The van der Waals surface area contributed by atoms with Gasteiger partial charge in [0, 0.05) is 28.7 Å². The Kier molecular flexibility index (Phi) is 6.39. The number of carbonyl (C=O) groups excluding carboxylic acids is 1. The normalized spacial score (nSPS) is 11.4. The number of methoxy groups -OCH3 is 1. The molecule has 24 heavy (non-hydrogen) atoms. The number of hydrogen-bond donors (Lipinski definition) is 2.